The predicted octanol–water partition coefficient (Wildman–Crippen LogP) is 1.41. The van der Waals surface area contributed by atoms with Crippen LogP contribution < -0.4 is 18.9 Å². The van der Waals surface area contributed by atoms with E-state index in [0.29, 0.717) is 0 Å². The van der Waals surface area contributed by atoms with E-state index in [4.69, 9.17) is 4.43 Å². The Morgan fingerprint density at radius 3 is 2.00 bits per heavy atom. The molecule has 0 amide bonds. The molecule has 0 fully saturated rings. The summed E-state index contributed by atoms with van der Waals surface area (Å²) in [6.07, 6.45) is 4.96. The molecule has 0 aliphatic carbocycles. The molecule has 3 heteroatoms. The maximum atomic E-state index is 6.13. The summed E-state index contributed by atoms with van der Waals surface area (Å²) < 4.78 is 6.13. The zero-order chi connectivity index (χ0) is 11.2. The van der Waals surface area contributed by atoms with Crippen LogP contribution in [0.15, 0.2) is 0 Å². The molecule has 0 aromatic heterocycles. The summed E-state index contributed by atoms with van der Waals surface area (Å²) in [4.78, 5) is 0. The van der Waals surface area contributed by atoms with E-state index in [9.17, 15) is 0 Å². The van der Waals surface area contributed by atoms with E-state index in [0.717, 1.165) is 6.42 Å². The maximum absolute atomic E-state index is 6.13. The number of hydrogen-bond donors (Lipinski definition) is 0. The molecule has 0 spiro atoms. The van der Waals surface area contributed by atoms with Crippen molar-refractivity contribution in [1.29, 1.82) is 0 Å². The maximum Gasteiger partial charge on any atom is 1.00 e. The van der Waals surface area contributed by atoms with Gasteiger partial charge in [0.15, 0.2) is 8.32 Å². The van der Waals surface area contributed by atoms with Gasteiger partial charge in [-0.25, -0.2) is 0 Å². The summed E-state index contributed by atoms with van der Waals surface area (Å²) >= 11 is 0. The molecule has 0 saturated carbocycles. The van der Waals surface area contributed by atoms with Crippen molar-refractivity contribution >= 4 is 8.32 Å². The quantitative estimate of drug-likeness (QED) is 0.375. The third kappa shape index (κ3) is 12.7. The largest absolute Gasteiger partial charge is 1.00 e. The zero-order valence-corrected chi connectivity index (χ0v) is 12.7. The SMILES string of the molecule is [CH2-]CCCCC[Si](C)(C)OC(C)(C)C.[Li+]. The molecular formula is C12H27LiOSi. The van der Waals surface area contributed by atoms with Gasteiger partial charge in [0.25, 0.3) is 0 Å². The fraction of sp³-hybridized carbons (Fsp3) is 0.917. The zero-order valence-electron chi connectivity index (χ0n) is 11.7. The Labute approximate surface area is 110 Å². The van der Waals surface area contributed by atoms with E-state index in [-0.39, 0.29) is 24.5 Å². The van der Waals surface area contributed by atoms with Gasteiger partial charge < -0.3 is 11.3 Å². The molecule has 0 N–H and O–H groups in total. The molecule has 0 heterocycles. The minimum Gasteiger partial charge on any atom is -0.413 e. The molecule has 0 atom stereocenters. The first kappa shape index (κ1) is 18.1. The summed E-state index contributed by atoms with van der Waals surface area (Å²) in [7, 11) is -1.41. The number of unbranched alkanes of at least 4 members (excludes halogenated alkanes) is 3. The van der Waals surface area contributed by atoms with Gasteiger partial charge in [-0.1, -0.05) is 19.3 Å². The van der Waals surface area contributed by atoms with E-state index in [1.165, 1.54) is 25.3 Å². The molecule has 15 heavy (non-hydrogen) atoms. The van der Waals surface area contributed by atoms with Gasteiger partial charge in [-0.15, -0.1) is 0 Å². The van der Waals surface area contributed by atoms with Crippen LogP contribution in [0.3, 0.4) is 0 Å². The van der Waals surface area contributed by atoms with Crippen molar-refractivity contribution in [2.45, 2.75) is 71.2 Å². The van der Waals surface area contributed by atoms with Crippen LogP contribution in [0.5, 0.6) is 0 Å². The molecule has 1 nitrogen and oxygen atoms in total. The molecule has 0 saturated heterocycles. The Bertz CT molecular complexity index is 152. The summed E-state index contributed by atoms with van der Waals surface area (Å²) in [6, 6.07) is 1.28. The van der Waals surface area contributed by atoms with Crippen LogP contribution in [0.4, 0.5) is 0 Å². The van der Waals surface area contributed by atoms with Crippen LogP contribution >= 0.6 is 0 Å². The molecule has 0 aliphatic rings. The Kier molecular flexibility index (Phi) is 9.62. The van der Waals surface area contributed by atoms with Crippen LogP contribution in [0.25, 0.3) is 0 Å². The van der Waals surface area contributed by atoms with Crippen molar-refractivity contribution in [2.75, 3.05) is 0 Å². The first-order chi connectivity index (χ1) is 6.27. The van der Waals surface area contributed by atoms with Gasteiger partial charge >= 0.3 is 18.9 Å². The molecule has 0 aromatic rings. The Morgan fingerprint density at radius 1 is 1.07 bits per heavy atom. The molecule has 0 bridgehead atoms. The summed E-state index contributed by atoms with van der Waals surface area (Å²) in [5.74, 6) is 0. The van der Waals surface area contributed by atoms with Crippen LogP contribution in [0.2, 0.25) is 19.1 Å². The van der Waals surface area contributed by atoms with Gasteiger partial charge in [0, 0.05) is 5.60 Å². The minimum atomic E-state index is -1.41. The van der Waals surface area contributed by atoms with Crippen molar-refractivity contribution in [3.63, 3.8) is 0 Å². The molecule has 0 rings (SSSR count). The van der Waals surface area contributed by atoms with Gasteiger partial charge in [0.1, 0.15) is 0 Å². The Morgan fingerprint density at radius 2 is 1.60 bits per heavy atom. The van der Waals surface area contributed by atoms with Crippen molar-refractivity contribution in [3.8, 4) is 0 Å². The first-order valence-electron chi connectivity index (χ1n) is 5.76. The van der Waals surface area contributed by atoms with E-state index in [1.54, 1.807) is 0 Å². The van der Waals surface area contributed by atoms with Crippen LogP contribution in [-0.2, 0) is 4.43 Å². The monoisotopic (exact) mass is 222 g/mol. The third-order valence-electron chi connectivity index (χ3n) is 2.11. The average Bonchev–Trinajstić information content (AvgIpc) is 1.93. The van der Waals surface area contributed by atoms with Crippen LogP contribution in [0.1, 0.15) is 46.5 Å². The van der Waals surface area contributed by atoms with E-state index >= 15 is 0 Å². The summed E-state index contributed by atoms with van der Waals surface area (Å²) in [5, 5.41) is 0. The second-order valence-corrected chi connectivity index (χ2v) is 9.86. The standard InChI is InChI=1S/C12H27OSi.Li/c1-7-8-9-10-11-14(5,6)13-12(2,3)4;/h1,7-11H2,2-6H3;/q-1;+1. The van der Waals surface area contributed by atoms with E-state index in [2.05, 4.69) is 40.8 Å². The number of hydrogen-bond acceptors (Lipinski definition) is 1. The second kappa shape index (κ2) is 7.95. The van der Waals surface area contributed by atoms with Gasteiger partial charge in [-0.2, -0.15) is 6.42 Å². The average molecular weight is 222 g/mol. The molecule has 0 aliphatic heterocycles. The molecule has 0 radical (unpaired) electrons. The molecule has 0 aromatic carbocycles. The van der Waals surface area contributed by atoms with Crippen molar-refractivity contribution in [1.82, 2.24) is 0 Å². The van der Waals surface area contributed by atoms with Crippen molar-refractivity contribution < 1.29 is 23.3 Å². The third-order valence-corrected chi connectivity index (χ3v) is 4.83. The first-order valence-corrected chi connectivity index (χ1v) is 8.88. The topological polar surface area (TPSA) is 9.23 Å². The number of rotatable bonds is 6. The Hall–Kier alpha value is 0.774. The van der Waals surface area contributed by atoms with Gasteiger partial charge in [0.2, 0.25) is 0 Å². The summed E-state index contributed by atoms with van der Waals surface area (Å²) in [6.45, 7) is 15.0. The van der Waals surface area contributed by atoms with Gasteiger partial charge in [-0.05, 0) is 39.9 Å². The smallest absolute Gasteiger partial charge is 0.413 e. The summed E-state index contributed by atoms with van der Waals surface area (Å²) in [5.41, 5.74) is 0.0298. The minimum absolute atomic E-state index is 0. The normalized spacial score (nSPS) is 12.4. The van der Waals surface area contributed by atoms with Crippen molar-refractivity contribution in [2.24, 2.45) is 0 Å². The Balaban J connectivity index is 0. The molecular weight excluding hydrogens is 195 g/mol. The fourth-order valence-electron chi connectivity index (χ4n) is 1.78. The predicted molar refractivity (Wildman–Crippen MR) is 67.0 cm³/mol. The van der Waals surface area contributed by atoms with Crippen molar-refractivity contribution in [3.05, 3.63) is 6.92 Å². The molecule has 86 valence electrons. The van der Waals surface area contributed by atoms with Gasteiger partial charge in [-0.3, -0.25) is 0 Å². The second-order valence-electron chi connectivity index (χ2n) is 5.64. The van der Waals surface area contributed by atoms with Crippen LogP contribution in [-0.4, -0.2) is 13.9 Å². The fourth-order valence-corrected chi connectivity index (χ4v) is 4.65. The van der Waals surface area contributed by atoms with E-state index < -0.39 is 8.32 Å². The van der Waals surface area contributed by atoms with E-state index in [1.807, 2.05) is 0 Å². The molecule has 0 unspecified atom stereocenters. The van der Waals surface area contributed by atoms with Crippen LogP contribution in [0, 0.1) is 6.92 Å². The van der Waals surface area contributed by atoms with Gasteiger partial charge in [0.05, 0.1) is 0 Å².